The Morgan fingerprint density at radius 1 is 0.778 bits per heavy atom. The van der Waals surface area contributed by atoms with E-state index in [1.807, 2.05) is 0 Å². The number of halogens is 4. The summed E-state index contributed by atoms with van der Waals surface area (Å²) in [5, 5.41) is -0.118. The molecule has 7 heteroatoms. The van der Waals surface area contributed by atoms with E-state index in [-0.39, 0.29) is 37.3 Å². The van der Waals surface area contributed by atoms with Crippen molar-refractivity contribution >= 4 is 58.2 Å². The molecule has 1 aromatic rings. The molecule has 0 aromatic heterocycles. The molecule has 0 N–H and O–H groups in total. The molecule has 2 rings (SSSR count). The highest BCUT2D eigenvalue weighted by Crippen LogP contribution is 2.45. The van der Waals surface area contributed by atoms with Gasteiger partial charge >= 0.3 is 0 Å². The summed E-state index contributed by atoms with van der Waals surface area (Å²) in [4.78, 5) is 25.4. The van der Waals surface area contributed by atoms with Gasteiger partial charge in [0.05, 0.1) is 31.2 Å². The molecule has 0 saturated carbocycles. The smallest absolute Gasteiger partial charge is 0.263 e. The number of imide groups is 1. The molecule has 96 valence electrons. The van der Waals surface area contributed by atoms with Gasteiger partial charge in [-0.15, -0.1) is 0 Å². The minimum absolute atomic E-state index is 0.0196. The minimum Gasteiger partial charge on any atom is -0.272 e. The number of nitrogens with zero attached hydrogens (tertiary/aromatic N) is 1. The van der Waals surface area contributed by atoms with Gasteiger partial charge in [-0.1, -0.05) is 46.4 Å². The molecule has 1 heterocycles. The molecule has 18 heavy (non-hydrogen) atoms. The Balaban J connectivity index is 2.80. The highest BCUT2D eigenvalue weighted by Gasteiger charge is 2.42. The van der Waals surface area contributed by atoms with Crippen LogP contribution in [-0.2, 0) is 0 Å². The summed E-state index contributed by atoms with van der Waals surface area (Å²) in [6.07, 6.45) is 0. The Labute approximate surface area is 124 Å². The first kappa shape index (κ1) is 13.9. The molecule has 0 saturated heterocycles. The monoisotopic (exact) mass is 325 g/mol. The van der Waals surface area contributed by atoms with Gasteiger partial charge < -0.3 is 0 Å². The third-order valence-corrected chi connectivity index (χ3v) is 4.45. The van der Waals surface area contributed by atoms with E-state index in [9.17, 15) is 9.59 Å². The predicted molar refractivity (Wildman–Crippen MR) is 72.1 cm³/mol. The van der Waals surface area contributed by atoms with Crippen LogP contribution in [-0.4, -0.2) is 22.8 Å². The fourth-order valence-corrected chi connectivity index (χ4v) is 2.85. The Hall–Kier alpha value is -0.480. The summed E-state index contributed by atoms with van der Waals surface area (Å²) in [7, 11) is 0. The summed E-state index contributed by atoms with van der Waals surface area (Å²) in [6.45, 7) is 3.43. The quantitative estimate of drug-likeness (QED) is 0.438. The van der Waals surface area contributed by atoms with Gasteiger partial charge in [0.25, 0.3) is 11.8 Å². The lowest BCUT2D eigenvalue weighted by molar-refractivity contribution is 0.0609. The third kappa shape index (κ3) is 1.73. The van der Waals surface area contributed by atoms with Gasteiger partial charge in [0.2, 0.25) is 0 Å². The van der Waals surface area contributed by atoms with Crippen molar-refractivity contribution in [3.8, 4) is 0 Å². The van der Waals surface area contributed by atoms with Crippen LogP contribution in [0.1, 0.15) is 34.6 Å². The predicted octanol–water partition coefficient (Wildman–Crippen LogP) is 4.30. The van der Waals surface area contributed by atoms with Crippen LogP contribution < -0.4 is 0 Å². The van der Waals surface area contributed by atoms with Crippen LogP contribution in [0.25, 0.3) is 0 Å². The largest absolute Gasteiger partial charge is 0.272 e. The van der Waals surface area contributed by atoms with E-state index in [0.29, 0.717) is 0 Å². The van der Waals surface area contributed by atoms with Gasteiger partial charge in [0, 0.05) is 6.04 Å². The molecule has 1 aliphatic heterocycles. The number of carbonyl (C=O) groups excluding carboxylic acids is 2. The highest BCUT2D eigenvalue weighted by atomic mass is 35.5. The fraction of sp³-hybridized carbons (Fsp3) is 0.273. The van der Waals surface area contributed by atoms with Crippen LogP contribution in [0.15, 0.2) is 0 Å². The summed E-state index contributed by atoms with van der Waals surface area (Å²) < 4.78 is 0. The molecule has 2 amide bonds. The number of rotatable bonds is 1. The molecule has 1 aliphatic rings. The van der Waals surface area contributed by atoms with Gasteiger partial charge in [-0.2, -0.15) is 0 Å². The average Bonchev–Trinajstić information content (AvgIpc) is 2.55. The van der Waals surface area contributed by atoms with Crippen molar-refractivity contribution in [3.63, 3.8) is 0 Å². The molecule has 0 aliphatic carbocycles. The molecule has 0 atom stereocenters. The van der Waals surface area contributed by atoms with E-state index in [4.69, 9.17) is 46.4 Å². The lowest BCUT2D eigenvalue weighted by Gasteiger charge is -2.17. The van der Waals surface area contributed by atoms with Crippen LogP contribution in [0.4, 0.5) is 0 Å². The first-order valence-corrected chi connectivity index (χ1v) is 6.54. The maximum absolute atomic E-state index is 12.1. The third-order valence-electron chi connectivity index (χ3n) is 2.65. The maximum Gasteiger partial charge on any atom is 0.263 e. The normalized spacial score (nSPS) is 14.7. The van der Waals surface area contributed by atoms with Crippen molar-refractivity contribution < 1.29 is 9.59 Å². The van der Waals surface area contributed by atoms with Crippen LogP contribution in [0.3, 0.4) is 0 Å². The molecular formula is C11H7Cl4NO2. The minimum atomic E-state index is -0.504. The molecular weight excluding hydrogens is 320 g/mol. The molecule has 0 bridgehead atoms. The van der Waals surface area contributed by atoms with E-state index in [0.717, 1.165) is 4.90 Å². The Kier molecular flexibility index (Phi) is 3.54. The van der Waals surface area contributed by atoms with E-state index in [1.54, 1.807) is 13.8 Å². The fourth-order valence-electron chi connectivity index (χ4n) is 1.84. The second kappa shape index (κ2) is 4.57. The second-order valence-corrected chi connectivity index (χ2v) is 5.59. The van der Waals surface area contributed by atoms with Crippen molar-refractivity contribution in [1.29, 1.82) is 0 Å². The molecule has 0 unspecified atom stereocenters. The van der Waals surface area contributed by atoms with Gasteiger partial charge in [0.1, 0.15) is 0 Å². The van der Waals surface area contributed by atoms with E-state index >= 15 is 0 Å². The number of amides is 2. The van der Waals surface area contributed by atoms with Gasteiger partial charge in [-0.25, -0.2) is 0 Å². The van der Waals surface area contributed by atoms with E-state index < -0.39 is 11.8 Å². The van der Waals surface area contributed by atoms with Gasteiger partial charge in [-0.3, -0.25) is 14.5 Å². The zero-order valence-electron chi connectivity index (χ0n) is 9.35. The first-order valence-electron chi connectivity index (χ1n) is 5.02. The van der Waals surface area contributed by atoms with Gasteiger partial charge in [-0.05, 0) is 13.8 Å². The summed E-state index contributed by atoms with van der Waals surface area (Å²) in [6, 6.07) is -0.304. The number of benzene rings is 1. The van der Waals surface area contributed by atoms with Crippen LogP contribution in [0, 0.1) is 0 Å². The van der Waals surface area contributed by atoms with Crippen molar-refractivity contribution in [2.45, 2.75) is 19.9 Å². The SMILES string of the molecule is CC(C)N1C(=O)c2c(Cl)c(Cl)c(Cl)c(Cl)c2C1=O. The van der Waals surface area contributed by atoms with Crippen molar-refractivity contribution in [1.82, 2.24) is 4.90 Å². The summed E-state index contributed by atoms with van der Waals surface area (Å²) >= 11 is 23.7. The van der Waals surface area contributed by atoms with E-state index in [1.165, 1.54) is 0 Å². The summed E-state index contributed by atoms with van der Waals surface area (Å²) in [5.41, 5.74) is 0.0459. The summed E-state index contributed by atoms with van der Waals surface area (Å²) in [5.74, 6) is -1.01. The van der Waals surface area contributed by atoms with Crippen molar-refractivity contribution in [3.05, 3.63) is 31.2 Å². The molecule has 0 spiro atoms. The molecule has 3 nitrogen and oxygen atoms in total. The Morgan fingerprint density at radius 3 is 1.39 bits per heavy atom. The number of hydrogen-bond acceptors (Lipinski definition) is 2. The first-order chi connectivity index (χ1) is 8.29. The highest BCUT2D eigenvalue weighted by molar-refractivity contribution is 6.55. The van der Waals surface area contributed by atoms with Crippen LogP contribution in [0.5, 0.6) is 0 Å². The van der Waals surface area contributed by atoms with Crippen molar-refractivity contribution in [2.24, 2.45) is 0 Å². The topological polar surface area (TPSA) is 37.4 Å². The molecule has 0 radical (unpaired) electrons. The Morgan fingerprint density at radius 2 is 1.11 bits per heavy atom. The molecule has 0 fully saturated rings. The maximum atomic E-state index is 12.1. The second-order valence-electron chi connectivity index (χ2n) is 4.08. The number of carbonyl (C=O) groups is 2. The lowest BCUT2D eigenvalue weighted by Crippen LogP contribution is -2.36. The van der Waals surface area contributed by atoms with Gasteiger partial charge in [0.15, 0.2) is 0 Å². The zero-order chi connectivity index (χ0) is 13.8. The lowest BCUT2D eigenvalue weighted by atomic mass is 10.1. The van der Waals surface area contributed by atoms with Crippen LogP contribution >= 0.6 is 46.4 Å². The molecule has 1 aromatic carbocycles. The Bertz CT molecular complexity index is 536. The average molecular weight is 327 g/mol. The zero-order valence-corrected chi connectivity index (χ0v) is 12.4. The van der Waals surface area contributed by atoms with Crippen molar-refractivity contribution in [2.75, 3.05) is 0 Å². The van der Waals surface area contributed by atoms with Crippen LogP contribution in [0.2, 0.25) is 20.1 Å². The number of hydrogen-bond donors (Lipinski definition) is 0. The van der Waals surface area contributed by atoms with E-state index in [2.05, 4.69) is 0 Å². The number of fused-ring (bicyclic) bond motifs is 1. The standard InChI is InChI=1S/C11H7Cl4NO2/c1-3(2)16-10(17)4-5(11(16)18)7(13)9(15)8(14)6(4)12/h3H,1-2H3.